The van der Waals surface area contributed by atoms with Crippen LogP contribution in [0, 0.1) is 5.92 Å². The summed E-state index contributed by atoms with van der Waals surface area (Å²) >= 11 is 8.74. The molecule has 2 aromatic rings. The summed E-state index contributed by atoms with van der Waals surface area (Å²) in [6.07, 6.45) is 8.81. The van der Waals surface area contributed by atoms with Gasteiger partial charge in [0.15, 0.2) is 5.11 Å². The monoisotopic (exact) mass is 518 g/mol. The molecular formula is C25H31BrN2O3S. The number of carbonyl (C=O) groups is 1. The van der Waals surface area contributed by atoms with Gasteiger partial charge in [0.05, 0.1) is 17.7 Å². The van der Waals surface area contributed by atoms with Crippen molar-refractivity contribution in [3.05, 3.63) is 52.5 Å². The van der Waals surface area contributed by atoms with Gasteiger partial charge >= 0.3 is 0 Å². The molecule has 2 N–H and O–H groups in total. The van der Waals surface area contributed by atoms with Gasteiger partial charge in [0.2, 0.25) is 0 Å². The minimum Gasteiger partial charge on any atom is -0.494 e. The van der Waals surface area contributed by atoms with Crippen molar-refractivity contribution >= 4 is 44.9 Å². The highest BCUT2D eigenvalue weighted by Gasteiger charge is 2.13. The van der Waals surface area contributed by atoms with Gasteiger partial charge in [0.25, 0.3) is 5.91 Å². The van der Waals surface area contributed by atoms with Gasteiger partial charge in [-0.05, 0) is 89.4 Å². The van der Waals surface area contributed by atoms with Crippen LogP contribution in [0.3, 0.4) is 0 Å². The molecule has 5 nitrogen and oxygen atoms in total. The molecule has 3 rings (SSSR count). The first-order valence-corrected chi connectivity index (χ1v) is 12.5. The third-order valence-electron chi connectivity index (χ3n) is 5.51. The molecule has 1 fully saturated rings. The quantitative estimate of drug-likeness (QED) is 0.361. The predicted octanol–water partition coefficient (Wildman–Crippen LogP) is 6.71. The van der Waals surface area contributed by atoms with Gasteiger partial charge in [-0.3, -0.25) is 10.1 Å². The molecule has 1 aliphatic rings. The minimum absolute atomic E-state index is 0.239. The van der Waals surface area contributed by atoms with Crippen molar-refractivity contribution in [3.63, 3.8) is 0 Å². The van der Waals surface area contributed by atoms with E-state index in [1.54, 1.807) is 18.2 Å². The Kier molecular flexibility index (Phi) is 9.81. The van der Waals surface area contributed by atoms with E-state index >= 15 is 0 Å². The maximum atomic E-state index is 12.5. The van der Waals surface area contributed by atoms with Crippen LogP contribution in [0.4, 0.5) is 5.69 Å². The first kappa shape index (κ1) is 24.5. The van der Waals surface area contributed by atoms with E-state index in [0.29, 0.717) is 17.9 Å². The summed E-state index contributed by atoms with van der Waals surface area (Å²) in [5.74, 6) is 2.08. The smallest absolute Gasteiger partial charge is 0.257 e. The second-order valence-electron chi connectivity index (χ2n) is 8.07. The fourth-order valence-corrected chi connectivity index (χ4v) is 4.47. The normalized spacial score (nSPS) is 13.9. The zero-order valence-corrected chi connectivity index (χ0v) is 20.9. The molecule has 172 valence electrons. The molecule has 0 bridgehead atoms. The molecular weight excluding hydrogens is 488 g/mol. The largest absolute Gasteiger partial charge is 0.494 e. The molecule has 0 saturated heterocycles. The summed E-state index contributed by atoms with van der Waals surface area (Å²) in [5.41, 5.74) is 1.28. The number of benzene rings is 2. The Morgan fingerprint density at radius 1 is 1.06 bits per heavy atom. The number of nitrogens with one attached hydrogen (secondary N) is 2. The lowest BCUT2D eigenvalue weighted by Crippen LogP contribution is -2.34. The first-order valence-electron chi connectivity index (χ1n) is 11.3. The lowest BCUT2D eigenvalue weighted by atomic mass is 9.87. The number of hydrogen-bond acceptors (Lipinski definition) is 4. The van der Waals surface area contributed by atoms with Crippen molar-refractivity contribution in [2.24, 2.45) is 5.92 Å². The predicted molar refractivity (Wildman–Crippen MR) is 137 cm³/mol. The molecule has 0 atom stereocenters. The Morgan fingerprint density at radius 3 is 2.50 bits per heavy atom. The van der Waals surface area contributed by atoms with Crippen LogP contribution in [-0.4, -0.2) is 24.2 Å². The Bertz CT molecular complexity index is 899. The summed E-state index contributed by atoms with van der Waals surface area (Å²) in [4.78, 5) is 12.5. The van der Waals surface area contributed by atoms with Crippen molar-refractivity contribution in [2.45, 2.75) is 51.9 Å². The fourth-order valence-electron chi connectivity index (χ4n) is 3.76. The lowest BCUT2D eigenvalue weighted by molar-refractivity contribution is 0.0977. The maximum Gasteiger partial charge on any atom is 0.257 e. The molecule has 1 amide bonds. The van der Waals surface area contributed by atoms with Crippen molar-refractivity contribution in [1.82, 2.24) is 5.32 Å². The molecule has 2 aromatic carbocycles. The van der Waals surface area contributed by atoms with Crippen LogP contribution in [0.15, 0.2) is 46.9 Å². The molecule has 0 aromatic heterocycles. The molecule has 0 radical (unpaired) electrons. The number of thiocarbonyl (C=S) groups is 1. The molecule has 1 aliphatic carbocycles. The molecule has 32 heavy (non-hydrogen) atoms. The Balaban J connectivity index is 1.44. The number of hydrogen-bond donors (Lipinski definition) is 2. The fraction of sp³-hybridized carbons (Fsp3) is 0.440. The molecule has 1 saturated carbocycles. The summed E-state index contributed by atoms with van der Waals surface area (Å²) in [6, 6.07) is 12.8. The van der Waals surface area contributed by atoms with E-state index < -0.39 is 0 Å². The number of carbonyl (C=O) groups excluding carboxylic acids is 1. The van der Waals surface area contributed by atoms with E-state index in [1.165, 1.54) is 32.1 Å². The molecule has 0 unspecified atom stereocenters. The van der Waals surface area contributed by atoms with Crippen LogP contribution in [0.2, 0.25) is 0 Å². The standard InChI is InChI=1S/C25H31BrN2O3S/c1-2-15-31-23-13-8-19(17-22(23)26)24(29)28-25(32)27-20-9-11-21(12-10-20)30-16-14-18-6-4-3-5-7-18/h8-13,17-18H,2-7,14-16H2,1H3,(H2,27,28,29,32). The summed E-state index contributed by atoms with van der Waals surface area (Å²) in [5, 5.41) is 5.99. The van der Waals surface area contributed by atoms with Gasteiger partial charge in [0.1, 0.15) is 11.5 Å². The second kappa shape index (κ2) is 12.8. The first-order chi connectivity index (χ1) is 15.5. The van der Waals surface area contributed by atoms with Crippen LogP contribution in [0.1, 0.15) is 62.2 Å². The van der Waals surface area contributed by atoms with Crippen molar-refractivity contribution < 1.29 is 14.3 Å². The van der Waals surface area contributed by atoms with Crippen LogP contribution < -0.4 is 20.1 Å². The molecule has 0 heterocycles. The van der Waals surface area contributed by atoms with Gasteiger partial charge in [-0.2, -0.15) is 0 Å². The van der Waals surface area contributed by atoms with Crippen LogP contribution >= 0.6 is 28.1 Å². The lowest BCUT2D eigenvalue weighted by Gasteiger charge is -2.21. The van der Waals surface area contributed by atoms with E-state index in [0.717, 1.165) is 41.3 Å². The van der Waals surface area contributed by atoms with Gasteiger partial charge in [-0.1, -0.05) is 39.0 Å². The zero-order valence-electron chi connectivity index (χ0n) is 18.5. The van der Waals surface area contributed by atoms with Crippen molar-refractivity contribution in [2.75, 3.05) is 18.5 Å². The zero-order chi connectivity index (χ0) is 22.8. The maximum absolute atomic E-state index is 12.5. The van der Waals surface area contributed by atoms with Crippen LogP contribution in [0.25, 0.3) is 0 Å². The summed E-state index contributed by atoms with van der Waals surface area (Å²) in [6.45, 7) is 3.43. The van der Waals surface area contributed by atoms with Crippen molar-refractivity contribution in [1.29, 1.82) is 0 Å². The van der Waals surface area contributed by atoms with Crippen molar-refractivity contribution in [3.8, 4) is 11.5 Å². The van der Waals surface area contributed by atoms with Gasteiger partial charge < -0.3 is 14.8 Å². The number of halogens is 1. The summed E-state index contributed by atoms with van der Waals surface area (Å²) in [7, 11) is 0. The second-order valence-corrected chi connectivity index (χ2v) is 9.33. The highest BCUT2D eigenvalue weighted by Crippen LogP contribution is 2.27. The molecule has 0 spiro atoms. The van der Waals surface area contributed by atoms with E-state index in [4.69, 9.17) is 21.7 Å². The molecule has 0 aliphatic heterocycles. The van der Waals surface area contributed by atoms with E-state index in [2.05, 4.69) is 26.6 Å². The van der Waals surface area contributed by atoms with Crippen LogP contribution in [0.5, 0.6) is 11.5 Å². The Labute approximate surface area is 204 Å². The average molecular weight is 520 g/mol. The number of rotatable bonds is 9. The van der Waals surface area contributed by atoms with E-state index in [-0.39, 0.29) is 11.0 Å². The average Bonchev–Trinajstić information content (AvgIpc) is 2.80. The Hall–Kier alpha value is -2.12. The highest BCUT2D eigenvalue weighted by atomic mass is 79.9. The topological polar surface area (TPSA) is 59.6 Å². The van der Waals surface area contributed by atoms with E-state index in [1.807, 2.05) is 31.2 Å². The summed E-state index contributed by atoms with van der Waals surface area (Å²) < 4.78 is 12.2. The Morgan fingerprint density at radius 2 is 1.81 bits per heavy atom. The number of amides is 1. The van der Waals surface area contributed by atoms with Gasteiger partial charge in [0, 0.05) is 11.3 Å². The number of ether oxygens (including phenoxy) is 2. The highest BCUT2D eigenvalue weighted by molar-refractivity contribution is 9.10. The van der Waals surface area contributed by atoms with Gasteiger partial charge in [-0.15, -0.1) is 0 Å². The SMILES string of the molecule is CCCOc1ccc(C(=O)NC(=S)Nc2ccc(OCCC3CCCCC3)cc2)cc1Br. The minimum atomic E-state index is -0.284. The van der Waals surface area contributed by atoms with Gasteiger partial charge in [-0.25, -0.2) is 0 Å². The van der Waals surface area contributed by atoms with E-state index in [9.17, 15) is 4.79 Å². The number of anilines is 1. The third-order valence-corrected chi connectivity index (χ3v) is 6.34. The molecule has 7 heteroatoms. The van der Waals surface area contributed by atoms with Crippen LogP contribution in [-0.2, 0) is 0 Å². The third kappa shape index (κ3) is 7.78.